The van der Waals surface area contributed by atoms with E-state index in [2.05, 4.69) is 10.3 Å². The van der Waals surface area contributed by atoms with E-state index < -0.39 is 0 Å². The zero-order valence-electron chi connectivity index (χ0n) is 13.9. The molecule has 1 heterocycles. The first-order valence-electron chi connectivity index (χ1n) is 8.14. The van der Waals surface area contributed by atoms with Gasteiger partial charge in [0.1, 0.15) is 0 Å². The molecular formula is C19H23N3O2. The van der Waals surface area contributed by atoms with Gasteiger partial charge >= 0.3 is 0 Å². The van der Waals surface area contributed by atoms with Crippen LogP contribution in [0.4, 0.5) is 0 Å². The van der Waals surface area contributed by atoms with Gasteiger partial charge in [-0.15, -0.1) is 0 Å². The van der Waals surface area contributed by atoms with Gasteiger partial charge in [0.15, 0.2) is 0 Å². The zero-order chi connectivity index (χ0) is 17.2. The van der Waals surface area contributed by atoms with Crippen molar-refractivity contribution in [3.63, 3.8) is 0 Å². The summed E-state index contributed by atoms with van der Waals surface area (Å²) in [5.41, 5.74) is 1.61. The third-order valence-electron chi connectivity index (χ3n) is 3.74. The molecule has 1 aromatic carbocycles. The normalized spacial score (nSPS) is 10.2. The van der Waals surface area contributed by atoms with E-state index in [1.54, 1.807) is 30.3 Å². The number of likely N-dealkylation sites (N-methyl/N-ethyl adjacent to an activating group) is 1. The first kappa shape index (κ1) is 17.7. The molecule has 2 aromatic rings. The van der Waals surface area contributed by atoms with Crippen LogP contribution in [0.3, 0.4) is 0 Å². The van der Waals surface area contributed by atoms with Gasteiger partial charge in [0.05, 0.1) is 0 Å². The summed E-state index contributed by atoms with van der Waals surface area (Å²) in [7, 11) is 1.80. The molecule has 1 N–H and O–H groups in total. The van der Waals surface area contributed by atoms with Crippen LogP contribution in [0.5, 0.6) is 0 Å². The molecule has 0 fully saturated rings. The summed E-state index contributed by atoms with van der Waals surface area (Å²) in [5.74, 6) is -0.0218. The molecule has 2 amide bonds. The monoisotopic (exact) mass is 325 g/mol. The molecule has 1 aromatic heterocycles. The highest BCUT2D eigenvalue weighted by Gasteiger charge is 2.09. The molecule has 0 saturated heterocycles. The zero-order valence-corrected chi connectivity index (χ0v) is 13.9. The summed E-state index contributed by atoms with van der Waals surface area (Å²) >= 11 is 0. The van der Waals surface area contributed by atoms with Crippen molar-refractivity contribution in [1.82, 2.24) is 15.2 Å². The van der Waals surface area contributed by atoms with Gasteiger partial charge < -0.3 is 10.2 Å². The number of benzene rings is 1. The molecule has 2 rings (SSSR count). The van der Waals surface area contributed by atoms with Crippen LogP contribution in [0.15, 0.2) is 54.7 Å². The quantitative estimate of drug-likeness (QED) is 0.758. The Hall–Kier alpha value is -2.69. The maximum Gasteiger partial charge on any atom is 0.251 e. The standard InChI is InChI=1S/C19H23N3O2/c1-22(15-12-17-10-5-6-13-20-17)18(23)11-7-14-21-19(24)16-8-3-2-4-9-16/h2-6,8-10,13H,7,11-12,14-15H2,1H3,(H,21,24). The molecule has 0 aliphatic heterocycles. The van der Waals surface area contributed by atoms with Crippen molar-refractivity contribution in [2.75, 3.05) is 20.1 Å². The number of aromatic nitrogens is 1. The van der Waals surface area contributed by atoms with Crippen LogP contribution in [-0.2, 0) is 11.2 Å². The van der Waals surface area contributed by atoms with E-state index in [0.717, 1.165) is 12.1 Å². The molecule has 0 radical (unpaired) electrons. The Morgan fingerprint density at radius 2 is 1.83 bits per heavy atom. The number of hydrogen-bond acceptors (Lipinski definition) is 3. The van der Waals surface area contributed by atoms with E-state index >= 15 is 0 Å². The number of carbonyl (C=O) groups is 2. The lowest BCUT2D eigenvalue weighted by Gasteiger charge is -2.17. The van der Waals surface area contributed by atoms with Gasteiger partial charge in [-0.25, -0.2) is 0 Å². The number of nitrogens with one attached hydrogen (secondary N) is 1. The second-order valence-electron chi connectivity index (χ2n) is 5.61. The van der Waals surface area contributed by atoms with Gasteiger partial charge in [0.25, 0.3) is 5.91 Å². The van der Waals surface area contributed by atoms with Crippen LogP contribution in [-0.4, -0.2) is 41.8 Å². The second-order valence-corrected chi connectivity index (χ2v) is 5.61. The molecule has 0 aliphatic carbocycles. The molecule has 5 heteroatoms. The summed E-state index contributed by atoms with van der Waals surface area (Å²) in [6.07, 6.45) is 3.56. The number of carbonyl (C=O) groups excluding carboxylic acids is 2. The van der Waals surface area contributed by atoms with Gasteiger partial charge in [0.2, 0.25) is 5.91 Å². The molecule has 0 unspecified atom stereocenters. The van der Waals surface area contributed by atoms with Crippen molar-refractivity contribution in [2.24, 2.45) is 0 Å². The van der Waals surface area contributed by atoms with Crippen molar-refractivity contribution in [1.29, 1.82) is 0 Å². The first-order valence-corrected chi connectivity index (χ1v) is 8.14. The lowest BCUT2D eigenvalue weighted by atomic mass is 10.2. The SMILES string of the molecule is CN(CCc1ccccn1)C(=O)CCCNC(=O)c1ccccc1. The summed E-state index contributed by atoms with van der Waals surface area (Å²) in [6, 6.07) is 14.8. The number of nitrogens with zero attached hydrogens (tertiary/aromatic N) is 2. The van der Waals surface area contributed by atoms with Gasteiger partial charge in [-0.3, -0.25) is 14.6 Å². The van der Waals surface area contributed by atoms with Crippen molar-refractivity contribution in [2.45, 2.75) is 19.3 Å². The third kappa shape index (κ3) is 5.83. The summed E-state index contributed by atoms with van der Waals surface area (Å²) in [5, 5.41) is 2.83. The minimum Gasteiger partial charge on any atom is -0.352 e. The molecule has 5 nitrogen and oxygen atoms in total. The lowest BCUT2D eigenvalue weighted by Crippen LogP contribution is -2.30. The van der Waals surface area contributed by atoms with Gasteiger partial charge in [-0.2, -0.15) is 0 Å². The number of pyridine rings is 1. The van der Waals surface area contributed by atoms with E-state index in [9.17, 15) is 9.59 Å². The van der Waals surface area contributed by atoms with Crippen LogP contribution in [0.25, 0.3) is 0 Å². The van der Waals surface area contributed by atoms with Crippen molar-refractivity contribution in [3.8, 4) is 0 Å². The van der Waals surface area contributed by atoms with Gasteiger partial charge in [-0.1, -0.05) is 24.3 Å². The molecule has 0 bridgehead atoms. The average molecular weight is 325 g/mol. The van der Waals surface area contributed by atoms with Crippen molar-refractivity contribution < 1.29 is 9.59 Å². The smallest absolute Gasteiger partial charge is 0.251 e. The van der Waals surface area contributed by atoms with Crippen LogP contribution in [0, 0.1) is 0 Å². The Morgan fingerprint density at radius 1 is 1.08 bits per heavy atom. The van der Waals surface area contributed by atoms with Crippen LogP contribution >= 0.6 is 0 Å². The second kappa shape index (κ2) is 9.45. The molecule has 24 heavy (non-hydrogen) atoms. The Kier molecular flexibility index (Phi) is 6.95. The average Bonchev–Trinajstić information content (AvgIpc) is 2.64. The molecule has 0 aliphatic rings. The third-order valence-corrected chi connectivity index (χ3v) is 3.74. The van der Waals surface area contributed by atoms with Crippen LogP contribution in [0.2, 0.25) is 0 Å². The van der Waals surface area contributed by atoms with Crippen LogP contribution < -0.4 is 5.32 Å². The van der Waals surface area contributed by atoms with Crippen molar-refractivity contribution >= 4 is 11.8 Å². The van der Waals surface area contributed by atoms with Crippen LogP contribution in [0.1, 0.15) is 28.9 Å². The number of hydrogen-bond donors (Lipinski definition) is 1. The largest absolute Gasteiger partial charge is 0.352 e. The highest BCUT2D eigenvalue weighted by atomic mass is 16.2. The fraction of sp³-hybridized carbons (Fsp3) is 0.316. The van der Waals surface area contributed by atoms with E-state index in [0.29, 0.717) is 31.5 Å². The first-order chi connectivity index (χ1) is 11.7. The number of amides is 2. The summed E-state index contributed by atoms with van der Waals surface area (Å²) in [6.45, 7) is 1.14. The Morgan fingerprint density at radius 3 is 2.54 bits per heavy atom. The molecule has 0 spiro atoms. The maximum absolute atomic E-state index is 12.1. The van der Waals surface area contributed by atoms with Gasteiger partial charge in [0, 0.05) is 50.4 Å². The van der Waals surface area contributed by atoms with E-state index in [1.807, 2.05) is 36.4 Å². The van der Waals surface area contributed by atoms with E-state index in [4.69, 9.17) is 0 Å². The maximum atomic E-state index is 12.1. The Balaban J connectivity index is 1.63. The number of rotatable bonds is 8. The summed E-state index contributed by atoms with van der Waals surface area (Å²) in [4.78, 5) is 29.9. The molecule has 0 saturated carbocycles. The lowest BCUT2D eigenvalue weighted by molar-refractivity contribution is -0.129. The minimum absolute atomic E-state index is 0.0832. The highest BCUT2D eigenvalue weighted by molar-refractivity contribution is 5.94. The predicted molar refractivity (Wildman–Crippen MR) is 93.6 cm³/mol. The predicted octanol–water partition coefficient (Wildman–Crippen LogP) is 2.29. The van der Waals surface area contributed by atoms with Crippen molar-refractivity contribution in [3.05, 3.63) is 66.0 Å². The molecule has 0 atom stereocenters. The highest BCUT2D eigenvalue weighted by Crippen LogP contribution is 2.01. The fourth-order valence-electron chi connectivity index (χ4n) is 2.28. The molecule has 126 valence electrons. The fourth-order valence-corrected chi connectivity index (χ4v) is 2.28. The van der Waals surface area contributed by atoms with E-state index in [1.165, 1.54) is 0 Å². The topological polar surface area (TPSA) is 62.3 Å². The van der Waals surface area contributed by atoms with E-state index in [-0.39, 0.29) is 11.8 Å². The minimum atomic E-state index is -0.105. The molecular weight excluding hydrogens is 302 g/mol. The van der Waals surface area contributed by atoms with Gasteiger partial charge in [-0.05, 0) is 30.7 Å². The Labute approximate surface area is 142 Å². The summed E-state index contributed by atoms with van der Waals surface area (Å²) < 4.78 is 0. The Bertz CT molecular complexity index is 644.